The Kier molecular flexibility index (Phi) is 5.55. The first-order chi connectivity index (χ1) is 12.1. The minimum absolute atomic E-state index is 0.187. The van der Waals surface area contributed by atoms with E-state index >= 15 is 0 Å². The summed E-state index contributed by atoms with van der Waals surface area (Å²) in [5.74, 6) is -0.187. The molecule has 0 saturated carbocycles. The number of nitrogens with zero attached hydrogens (tertiary/aromatic N) is 2. The van der Waals surface area contributed by atoms with Crippen LogP contribution >= 0.6 is 0 Å². The molecule has 1 aromatic rings. The molecule has 2 aliphatic rings. The lowest BCUT2D eigenvalue weighted by Gasteiger charge is -2.51. The Morgan fingerprint density at radius 3 is 2.72 bits per heavy atom. The van der Waals surface area contributed by atoms with Gasteiger partial charge in [0.25, 0.3) is 0 Å². The summed E-state index contributed by atoms with van der Waals surface area (Å²) in [5, 5.41) is 9.48. The second-order valence-electron chi connectivity index (χ2n) is 6.40. The van der Waals surface area contributed by atoms with Crippen LogP contribution in [0.4, 0.5) is 4.79 Å². The number of methoxy groups -OCH3 is 1. The van der Waals surface area contributed by atoms with E-state index in [1.807, 2.05) is 30.3 Å². The van der Waals surface area contributed by atoms with E-state index in [0.29, 0.717) is 32.6 Å². The van der Waals surface area contributed by atoms with Crippen LogP contribution in [-0.2, 0) is 20.9 Å². The minimum atomic E-state index is -1.05. The fraction of sp³-hybridized carbons (Fsp3) is 0.556. The monoisotopic (exact) mass is 348 g/mol. The predicted molar refractivity (Wildman–Crippen MR) is 89.9 cm³/mol. The molecule has 0 radical (unpaired) electrons. The lowest BCUT2D eigenvalue weighted by molar-refractivity contribution is -0.179. The molecule has 136 valence electrons. The number of likely N-dealkylation sites (tertiary alicyclic amines) is 1. The van der Waals surface area contributed by atoms with Gasteiger partial charge in [-0.2, -0.15) is 0 Å². The zero-order valence-electron chi connectivity index (χ0n) is 14.3. The lowest BCUT2D eigenvalue weighted by Crippen LogP contribution is -2.70. The molecule has 3 rings (SSSR count). The molecule has 0 aliphatic carbocycles. The van der Waals surface area contributed by atoms with Gasteiger partial charge in [0.15, 0.2) is 6.23 Å². The highest BCUT2D eigenvalue weighted by Gasteiger charge is 2.51. The first-order valence-electron chi connectivity index (χ1n) is 8.59. The Hall–Kier alpha value is -2.12. The van der Waals surface area contributed by atoms with Crippen LogP contribution in [0, 0.1) is 0 Å². The number of carbonyl (C=O) groups excluding carboxylic acids is 1. The van der Waals surface area contributed by atoms with Gasteiger partial charge in [-0.1, -0.05) is 30.3 Å². The number of carbonyl (C=O) groups is 2. The molecule has 7 heteroatoms. The largest absolute Gasteiger partial charge is 0.465 e. The van der Waals surface area contributed by atoms with E-state index < -0.39 is 18.4 Å². The molecule has 2 heterocycles. The second kappa shape index (κ2) is 7.84. The van der Waals surface area contributed by atoms with E-state index in [1.54, 1.807) is 4.90 Å². The Morgan fingerprint density at radius 1 is 1.28 bits per heavy atom. The lowest BCUT2D eigenvalue weighted by atomic mass is 9.89. The molecular weight excluding hydrogens is 324 g/mol. The topological polar surface area (TPSA) is 79.3 Å². The summed E-state index contributed by atoms with van der Waals surface area (Å²) < 4.78 is 11.2. The van der Waals surface area contributed by atoms with Gasteiger partial charge in [0.05, 0.1) is 19.3 Å². The summed E-state index contributed by atoms with van der Waals surface area (Å²) in [7, 11) is 1.52. The van der Waals surface area contributed by atoms with Crippen molar-refractivity contribution in [2.75, 3.05) is 20.3 Å². The summed E-state index contributed by atoms with van der Waals surface area (Å²) in [6, 6.07) is 8.92. The first-order valence-corrected chi connectivity index (χ1v) is 8.59. The maximum absolute atomic E-state index is 12.8. The van der Waals surface area contributed by atoms with Crippen molar-refractivity contribution >= 4 is 12.0 Å². The standard InChI is InChI=1S/C18H24N2O5/c1-24-17-15-9-5-8-14(20(15)18(22)23)16(21)19(17)10-11-25-12-13-6-3-2-4-7-13/h2-4,6-7,14-15,17H,5,8-12H2,1H3,(H,22,23). The maximum atomic E-state index is 12.8. The van der Waals surface area contributed by atoms with Gasteiger partial charge in [-0.15, -0.1) is 0 Å². The van der Waals surface area contributed by atoms with E-state index in [4.69, 9.17) is 9.47 Å². The molecule has 1 aromatic carbocycles. The summed E-state index contributed by atoms with van der Waals surface area (Å²) in [4.78, 5) is 27.3. The number of rotatable bonds is 6. The fourth-order valence-electron chi connectivity index (χ4n) is 3.80. The highest BCUT2D eigenvalue weighted by atomic mass is 16.5. The van der Waals surface area contributed by atoms with Crippen molar-refractivity contribution in [3.63, 3.8) is 0 Å². The van der Waals surface area contributed by atoms with Crippen LogP contribution in [0.15, 0.2) is 30.3 Å². The number of amides is 2. The predicted octanol–water partition coefficient (Wildman–Crippen LogP) is 1.92. The molecule has 1 N–H and O–H groups in total. The summed E-state index contributed by atoms with van der Waals surface area (Å²) >= 11 is 0. The number of hydrogen-bond donors (Lipinski definition) is 1. The van der Waals surface area contributed by atoms with Crippen LogP contribution in [-0.4, -0.2) is 65.5 Å². The molecule has 0 aromatic heterocycles. The number of benzene rings is 1. The van der Waals surface area contributed by atoms with Crippen molar-refractivity contribution in [1.82, 2.24) is 9.80 Å². The van der Waals surface area contributed by atoms with Crippen molar-refractivity contribution in [3.05, 3.63) is 35.9 Å². The molecule has 2 saturated heterocycles. The van der Waals surface area contributed by atoms with Crippen LogP contribution in [0.2, 0.25) is 0 Å². The van der Waals surface area contributed by atoms with Gasteiger partial charge in [0.1, 0.15) is 6.04 Å². The fourth-order valence-corrected chi connectivity index (χ4v) is 3.80. The smallest absolute Gasteiger partial charge is 0.408 e. The quantitative estimate of drug-likeness (QED) is 0.795. The van der Waals surface area contributed by atoms with E-state index in [9.17, 15) is 14.7 Å². The Morgan fingerprint density at radius 2 is 2.04 bits per heavy atom. The molecule has 3 atom stereocenters. The van der Waals surface area contributed by atoms with E-state index in [-0.39, 0.29) is 11.9 Å². The highest BCUT2D eigenvalue weighted by molar-refractivity contribution is 5.87. The van der Waals surface area contributed by atoms with Crippen molar-refractivity contribution in [3.8, 4) is 0 Å². The van der Waals surface area contributed by atoms with Crippen LogP contribution in [0.3, 0.4) is 0 Å². The summed E-state index contributed by atoms with van der Waals surface area (Å²) in [6.07, 6.45) is 0.504. The maximum Gasteiger partial charge on any atom is 0.408 e. The third-order valence-electron chi connectivity index (χ3n) is 4.93. The van der Waals surface area contributed by atoms with Crippen molar-refractivity contribution in [2.24, 2.45) is 0 Å². The number of fused-ring (bicyclic) bond motifs is 2. The SMILES string of the molecule is COC1C2CCCC(C(=O)N1CCOCc1ccccc1)N2C(=O)O. The van der Waals surface area contributed by atoms with Gasteiger partial charge >= 0.3 is 6.09 Å². The third-order valence-corrected chi connectivity index (χ3v) is 4.93. The number of piperazine rings is 1. The van der Waals surface area contributed by atoms with Crippen LogP contribution < -0.4 is 0 Å². The Balaban J connectivity index is 1.62. The van der Waals surface area contributed by atoms with Gasteiger partial charge in [-0.25, -0.2) is 4.79 Å². The van der Waals surface area contributed by atoms with Crippen molar-refractivity contribution < 1.29 is 24.2 Å². The Labute approximate surface area is 147 Å². The normalized spacial score (nSPS) is 26.0. The van der Waals surface area contributed by atoms with Gasteiger partial charge in [-0.05, 0) is 24.8 Å². The van der Waals surface area contributed by atoms with Crippen LogP contribution in [0.5, 0.6) is 0 Å². The Bertz CT molecular complexity index is 609. The molecule has 2 bridgehead atoms. The van der Waals surface area contributed by atoms with Gasteiger partial charge in [0, 0.05) is 13.7 Å². The van der Waals surface area contributed by atoms with E-state index in [0.717, 1.165) is 12.0 Å². The average molecular weight is 348 g/mol. The van der Waals surface area contributed by atoms with Gasteiger partial charge < -0.3 is 19.5 Å². The zero-order chi connectivity index (χ0) is 17.8. The van der Waals surface area contributed by atoms with Crippen LogP contribution in [0.25, 0.3) is 0 Å². The summed E-state index contributed by atoms with van der Waals surface area (Å²) in [6.45, 7) is 1.26. The molecule has 3 unspecified atom stereocenters. The highest BCUT2D eigenvalue weighted by Crippen LogP contribution is 2.33. The molecule has 25 heavy (non-hydrogen) atoms. The zero-order valence-corrected chi connectivity index (χ0v) is 14.3. The minimum Gasteiger partial charge on any atom is -0.465 e. The molecule has 0 spiro atoms. The molecule has 7 nitrogen and oxygen atoms in total. The van der Waals surface area contributed by atoms with Crippen LogP contribution in [0.1, 0.15) is 24.8 Å². The second-order valence-corrected chi connectivity index (χ2v) is 6.40. The van der Waals surface area contributed by atoms with E-state index in [2.05, 4.69) is 0 Å². The summed E-state index contributed by atoms with van der Waals surface area (Å²) in [5.41, 5.74) is 1.07. The third kappa shape index (κ3) is 3.62. The van der Waals surface area contributed by atoms with Crippen molar-refractivity contribution in [2.45, 2.75) is 44.2 Å². The molecule has 2 fully saturated rings. The number of carboxylic acid groups (broad SMARTS) is 1. The first kappa shape index (κ1) is 17.7. The number of hydrogen-bond acceptors (Lipinski definition) is 4. The van der Waals surface area contributed by atoms with Gasteiger partial charge in [-0.3, -0.25) is 9.69 Å². The molecular formula is C18H24N2O5. The van der Waals surface area contributed by atoms with Crippen molar-refractivity contribution in [1.29, 1.82) is 0 Å². The number of piperidine rings is 1. The van der Waals surface area contributed by atoms with E-state index in [1.165, 1.54) is 12.0 Å². The number of ether oxygens (including phenoxy) is 2. The molecule has 2 amide bonds. The van der Waals surface area contributed by atoms with Gasteiger partial charge in [0.2, 0.25) is 5.91 Å². The molecule has 2 aliphatic heterocycles. The average Bonchev–Trinajstić information content (AvgIpc) is 2.63.